The summed E-state index contributed by atoms with van der Waals surface area (Å²) >= 11 is 0. The zero-order chi connectivity index (χ0) is 11.3. The first-order valence-electron chi connectivity index (χ1n) is 4.81. The standard InChI is InChI=1S/C8H16N4O2S/c1-3-15(13,14)5-7(2)9-4-8-10-6-11-12-8/h6-7,9H,3-5H2,1-2H3,(H,10,11,12). The first-order chi connectivity index (χ1) is 7.03. The number of rotatable bonds is 6. The van der Waals surface area contributed by atoms with Crippen molar-refractivity contribution in [2.24, 2.45) is 0 Å². The quantitative estimate of drug-likeness (QED) is 0.704. The fourth-order valence-electron chi connectivity index (χ4n) is 1.14. The molecule has 0 saturated carbocycles. The van der Waals surface area contributed by atoms with Crippen molar-refractivity contribution in [3.63, 3.8) is 0 Å². The summed E-state index contributed by atoms with van der Waals surface area (Å²) < 4.78 is 22.6. The van der Waals surface area contributed by atoms with Crippen LogP contribution in [0.5, 0.6) is 0 Å². The predicted molar refractivity (Wildman–Crippen MR) is 57.0 cm³/mol. The first-order valence-corrected chi connectivity index (χ1v) is 6.63. The third kappa shape index (κ3) is 4.39. The van der Waals surface area contributed by atoms with Crippen LogP contribution in [0.25, 0.3) is 0 Å². The Morgan fingerprint density at radius 3 is 2.87 bits per heavy atom. The first kappa shape index (κ1) is 12.1. The molecule has 0 aromatic carbocycles. The summed E-state index contributed by atoms with van der Waals surface area (Å²) in [6.07, 6.45) is 1.42. The maximum Gasteiger partial charge on any atom is 0.151 e. The van der Waals surface area contributed by atoms with Crippen LogP contribution in [0, 0.1) is 0 Å². The molecule has 1 heterocycles. The highest BCUT2D eigenvalue weighted by Gasteiger charge is 2.13. The number of nitrogens with one attached hydrogen (secondary N) is 2. The second-order valence-electron chi connectivity index (χ2n) is 3.41. The van der Waals surface area contributed by atoms with E-state index < -0.39 is 9.84 Å². The van der Waals surface area contributed by atoms with Gasteiger partial charge in [-0.05, 0) is 6.92 Å². The Kier molecular flexibility index (Phi) is 4.22. The van der Waals surface area contributed by atoms with Crippen LogP contribution in [0.15, 0.2) is 6.33 Å². The van der Waals surface area contributed by atoms with Gasteiger partial charge in [0.25, 0.3) is 0 Å². The minimum absolute atomic E-state index is 0.0833. The summed E-state index contributed by atoms with van der Waals surface area (Å²) in [6.45, 7) is 3.99. The van der Waals surface area contributed by atoms with E-state index in [4.69, 9.17) is 0 Å². The van der Waals surface area contributed by atoms with Gasteiger partial charge in [0.05, 0.1) is 12.3 Å². The third-order valence-corrected chi connectivity index (χ3v) is 3.91. The summed E-state index contributed by atoms with van der Waals surface area (Å²) in [4.78, 5) is 3.93. The van der Waals surface area contributed by atoms with E-state index in [0.717, 1.165) is 0 Å². The predicted octanol–water partition coefficient (Wildman–Crippen LogP) is -0.282. The topological polar surface area (TPSA) is 87.7 Å². The van der Waals surface area contributed by atoms with E-state index in [9.17, 15) is 8.42 Å². The number of aromatic nitrogens is 3. The summed E-state index contributed by atoms with van der Waals surface area (Å²) in [5.41, 5.74) is 0. The van der Waals surface area contributed by atoms with Crippen LogP contribution >= 0.6 is 0 Å². The molecule has 0 aliphatic heterocycles. The Hall–Kier alpha value is -0.950. The van der Waals surface area contributed by atoms with Crippen LogP contribution in [0.2, 0.25) is 0 Å². The van der Waals surface area contributed by atoms with Crippen LogP contribution in [0.1, 0.15) is 19.7 Å². The van der Waals surface area contributed by atoms with Crippen LogP contribution in [0.4, 0.5) is 0 Å². The zero-order valence-corrected chi connectivity index (χ0v) is 9.71. The zero-order valence-electron chi connectivity index (χ0n) is 8.90. The summed E-state index contributed by atoms with van der Waals surface area (Å²) in [7, 11) is -2.92. The van der Waals surface area contributed by atoms with E-state index in [1.807, 2.05) is 6.92 Å². The summed E-state index contributed by atoms with van der Waals surface area (Å²) in [5, 5.41) is 9.46. The van der Waals surface area contributed by atoms with Gasteiger partial charge in [-0.15, -0.1) is 0 Å². The van der Waals surface area contributed by atoms with E-state index in [1.165, 1.54) is 6.33 Å². The normalized spacial score (nSPS) is 14.0. The lowest BCUT2D eigenvalue weighted by molar-refractivity contribution is 0.549. The molecule has 6 nitrogen and oxygen atoms in total. The molecular formula is C8H16N4O2S. The Balaban J connectivity index is 2.34. The lowest BCUT2D eigenvalue weighted by Crippen LogP contribution is -2.33. The Morgan fingerprint density at radius 1 is 1.60 bits per heavy atom. The van der Waals surface area contributed by atoms with Crippen molar-refractivity contribution in [2.45, 2.75) is 26.4 Å². The molecule has 0 fully saturated rings. The van der Waals surface area contributed by atoms with Gasteiger partial charge in [0.2, 0.25) is 0 Å². The Labute approximate surface area is 89.4 Å². The van der Waals surface area contributed by atoms with Crippen molar-refractivity contribution in [1.82, 2.24) is 20.5 Å². The molecule has 0 amide bonds. The minimum atomic E-state index is -2.92. The van der Waals surface area contributed by atoms with Crippen molar-refractivity contribution in [2.75, 3.05) is 11.5 Å². The smallest absolute Gasteiger partial charge is 0.151 e. The molecule has 1 aromatic heterocycles. The van der Waals surface area contributed by atoms with Crippen molar-refractivity contribution in [1.29, 1.82) is 0 Å². The molecule has 1 aromatic rings. The van der Waals surface area contributed by atoms with Crippen LogP contribution in [-0.4, -0.2) is 41.1 Å². The number of nitrogens with zero attached hydrogens (tertiary/aromatic N) is 2. The Morgan fingerprint density at radius 2 is 2.33 bits per heavy atom. The number of hydrogen-bond acceptors (Lipinski definition) is 5. The van der Waals surface area contributed by atoms with Crippen molar-refractivity contribution in [3.05, 3.63) is 12.2 Å². The van der Waals surface area contributed by atoms with Gasteiger partial charge >= 0.3 is 0 Å². The van der Waals surface area contributed by atoms with Crippen LogP contribution < -0.4 is 5.32 Å². The van der Waals surface area contributed by atoms with Gasteiger partial charge in [-0.3, -0.25) is 5.10 Å². The van der Waals surface area contributed by atoms with Gasteiger partial charge in [-0.2, -0.15) is 5.10 Å². The molecule has 86 valence electrons. The fraction of sp³-hybridized carbons (Fsp3) is 0.750. The average molecular weight is 232 g/mol. The van der Waals surface area contributed by atoms with Crippen LogP contribution in [-0.2, 0) is 16.4 Å². The minimum Gasteiger partial charge on any atom is -0.306 e. The SMILES string of the molecule is CCS(=O)(=O)CC(C)NCc1ncn[nH]1. The average Bonchev–Trinajstić information content (AvgIpc) is 2.66. The molecule has 1 unspecified atom stereocenters. The number of aromatic amines is 1. The second-order valence-corrected chi connectivity index (χ2v) is 5.81. The van der Waals surface area contributed by atoms with Gasteiger partial charge in [-0.1, -0.05) is 6.92 Å². The van der Waals surface area contributed by atoms with Gasteiger partial charge in [0, 0.05) is 11.8 Å². The molecule has 0 spiro atoms. The van der Waals surface area contributed by atoms with Crippen LogP contribution in [0.3, 0.4) is 0 Å². The van der Waals surface area contributed by atoms with E-state index in [2.05, 4.69) is 20.5 Å². The second kappa shape index (κ2) is 5.22. The maximum atomic E-state index is 11.3. The molecule has 15 heavy (non-hydrogen) atoms. The highest BCUT2D eigenvalue weighted by molar-refractivity contribution is 7.91. The molecule has 1 atom stereocenters. The number of hydrogen-bond donors (Lipinski definition) is 2. The van der Waals surface area contributed by atoms with Gasteiger partial charge in [0.1, 0.15) is 12.2 Å². The summed E-state index contributed by atoms with van der Waals surface area (Å²) in [6, 6.07) is -0.0833. The van der Waals surface area contributed by atoms with E-state index in [0.29, 0.717) is 12.4 Å². The molecule has 0 aliphatic rings. The van der Waals surface area contributed by atoms with E-state index >= 15 is 0 Å². The highest BCUT2D eigenvalue weighted by Crippen LogP contribution is 1.95. The third-order valence-electron chi connectivity index (χ3n) is 2.03. The van der Waals surface area contributed by atoms with Crippen molar-refractivity contribution in [3.8, 4) is 0 Å². The van der Waals surface area contributed by atoms with Gasteiger partial charge in [0.15, 0.2) is 9.84 Å². The molecule has 7 heteroatoms. The molecule has 0 radical (unpaired) electrons. The van der Waals surface area contributed by atoms with Crippen molar-refractivity contribution >= 4 is 9.84 Å². The maximum absolute atomic E-state index is 11.3. The summed E-state index contributed by atoms with van der Waals surface area (Å²) in [5.74, 6) is 1.04. The molecule has 1 rings (SSSR count). The molecular weight excluding hydrogens is 216 g/mol. The number of H-pyrrole nitrogens is 1. The lowest BCUT2D eigenvalue weighted by atomic mass is 10.4. The van der Waals surface area contributed by atoms with E-state index in [-0.39, 0.29) is 17.5 Å². The van der Waals surface area contributed by atoms with E-state index in [1.54, 1.807) is 6.92 Å². The van der Waals surface area contributed by atoms with Gasteiger partial charge in [-0.25, -0.2) is 13.4 Å². The number of sulfone groups is 1. The molecule has 0 saturated heterocycles. The molecule has 2 N–H and O–H groups in total. The fourth-order valence-corrected chi connectivity index (χ4v) is 2.26. The Bertz CT molecular complexity index is 373. The lowest BCUT2D eigenvalue weighted by Gasteiger charge is -2.11. The monoisotopic (exact) mass is 232 g/mol. The molecule has 0 bridgehead atoms. The molecule has 0 aliphatic carbocycles. The highest BCUT2D eigenvalue weighted by atomic mass is 32.2. The van der Waals surface area contributed by atoms with Crippen molar-refractivity contribution < 1.29 is 8.42 Å². The largest absolute Gasteiger partial charge is 0.306 e. The van der Waals surface area contributed by atoms with Gasteiger partial charge < -0.3 is 5.32 Å².